The number of hydrogen-bond donors (Lipinski definition) is 0. The maximum atomic E-state index is 8.63. The zero-order valence-corrected chi connectivity index (χ0v) is 40.3. The van der Waals surface area contributed by atoms with E-state index in [2.05, 4.69) is 64.9 Å². The molecule has 0 saturated heterocycles. The third kappa shape index (κ3) is 8.83. The molecule has 7 heteroatoms. The first-order valence-corrected chi connectivity index (χ1v) is 28.0. The van der Waals surface area contributed by atoms with Crippen molar-refractivity contribution in [1.29, 1.82) is 0 Å². The van der Waals surface area contributed by atoms with E-state index in [1.165, 1.54) is 17.5 Å². The molecule has 0 N–H and O–H groups in total. The Labute approximate surface area is 401 Å². The number of benzene rings is 5. The summed E-state index contributed by atoms with van der Waals surface area (Å²) >= 11 is -1.17. The van der Waals surface area contributed by atoms with Gasteiger partial charge in [-0.3, -0.25) is 4.98 Å². The fourth-order valence-corrected chi connectivity index (χ4v) is 11.6. The molecule has 4 nitrogen and oxygen atoms in total. The molecule has 4 heterocycles. The molecule has 4 aromatic heterocycles. The van der Waals surface area contributed by atoms with Crippen LogP contribution in [0.5, 0.6) is 0 Å². The topological polar surface area (TPSA) is 43.6 Å². The quantitative estimate of drug-likeness (QED) is 0.118. The van der Waals surface area contributed by atoms with Crippen LogP contribution in [0.4, 0.5) is 0 Å². The van der Waals surface area contributed by atoms with E-state index in [0.717, 1.165) is 60.0 Å². The molecule has 311 valence electrons. The zero-order valence-electron chi connectivity index (χ0n) is 49.0. The van der Waals surface area contributed by atoms with Crippen molar-refractivity contribution in [2.24, 2.45) is 5.92 Å². The van der Waals surface area contributed by atoms with E-state index >= 15 is 0 Å². The van der Waals surface area contributed by atoms with Crippen LogP contribution in [0.1, 0.15) is 72.1 Å². The molecule has 0 bridgehead atoms. The summed E-state index contributed by atoms with van der Waals surface area (Å²) in [5, 5.41) is 1.52. The number of hydrogen-bond acceptors (Lipinski definition) is 4. The molecule has 0 saturated carbocycles. The van der Waals surface area contributed by atoms with E-state index in [-0.39, 0.29) is 59.5 Å². The largest absolute Gasteiger partial charge is 0 e. The van der Waals surface area contributed by atoms with Crippen molar-refractivity contribution in [1.82, 2.24) is 19.5 Å². The summed E-state index contributed by atoms with van der Waals surface area (Å²) in [5.74, 6) is 6.76. The smallest absolute Gasteiger partial charge is 0 e. The summed E-state index contributed by atoms with van der Waals surface area (Å²) in [6, 6.07) is 37.2. The van der Waals surface area contributed by atoms with Gasteiger partial charge in [0.15, 0.2) is 0 Å². The van der Waals surface area contributed by atoms with Crippen molar-refractivity contribution in [2.45, 2.75) is 78.7 Å². The van der Waals surface area contributed by atoms with Gasteiger partial charge in [0.1, 0.15) is 4.83 Å². The first-order chi connectivity index (χ1) is 34.3. The van der Waals surface area contributed by atoms with Crippen LogP contribution >= 0.6 is 11.3 Å². The molecule has 5 aromatic carbocycles. The predicted molar refractivity (Wildman–Crippen MR) is 260 cm³/mol. The van der Waals surface area contributed by atoms with Crippen molar-refractivity contribution >= 4 is 60.3 Å². The average Bonchev–Trinajstić information content (AvgIpc) is 3.88. The van der Waals surface area contributed by atoms with Gasteiger partial charge < -0.3 is 4.57 Å². The Balaban J connectivity index is 0.000000258. The number of aryl methyl sites for hydroxylation is 6. The second-order valence-corrected chi connectivity index (χ2v) is 27.9. The number of imidazole rings is 1. The molecular formula is C54H54GeIrN4S-2. The second kappa shape index (κ2) is 17.9. The molecule has 0 amide bonds. The van der Waals surface area contributed by atoms with Gasteiger partial charge in [0, 0.05) is 55.3 Å². The number of pyridine rings is 2. The van der Waals surface area contributed by atoms with Crippen molar-refractivity contribution in [2.75, 3.05) is 0 Å². The molecule has 0 atom stereocenters. The standard InChI is InChI=1S/C35H28N3S.C19H26GeN.Ir/c1-20-16-23(4)31(24(5)17-20)25-18-28-26-12-9-13-27(33(26)39-35(28)36-19-25)34-37-29-14-6-7-15-30(29)38(34)32-21(2)10-8-11-22(32)3;1-14(2)12-17-13-18(20(4,5)6)15(3)21-19(17)16-10-8-7-9-11-16;/h6-12,14-19H,1-5H3;7-10,13-14H,12H2,1-6H3;/q2*-1;/i1D3,4D3,5D3;3D3,12D2;. The number of nitrogens with zero attached hydrogens (tertiary/aromatic N) is 4. The van der Waals surface area contributed by atoms with Crippen molar-refractivity contribution < 1.29 is 39.3 Å². The van der Waals surface area contributed by atoms with Crippen molar-refractivity contribution in [3.8, 4) is 39.5 Å². The van der Waals surface area contributed by atoms with Crippen molar-refractivity contribution in [3.63, 3.8) is 0 Å². The normalized spacial score (nSPS) is 16.1. The number of rotatable bonds is 7. The number of para-hydroxylation sites is 3. The van der Waals surface area contributed by atoms with Gasteiger partial charge in [-0.05, 0) is 85.1 Å². The van der Waals surface area contributed by atoms with Crippen LogP contribution in [0, 0.1) is 59.3 Å². The summed E-state index contributed by atoms with van der Waals surface area (Å²) in [4.78, 5) is 15.0. The first kappa shape index (κ1) is 29.6. The Morgan fingerprint density at radius 3 is 2.21 bits per heavy atom. The van der Waals surface area contributed by atoms with Gasteiger partial charge in [-0.15, -0.1) is 18.2 Å². The van der Waals surface area contributed by atoms with Gasteiger partial charge in [0.25, 0.3) is 0 Å². The third-order valence-electron chi connectivity index (χ3n) is 10.4. The van der Waals surface area contributed by atoms with E-state index in [9.17, 15) is 0 Å². The minimum Gasteiger partial charge on any atom is 0 e. The van der Waals surface area contributed by atoms with Crippen molar-refractivity contribution in [3.05, 3.63) is 161 Å². The van der Waals surface area contributed by atoms with Crippen LogP contribution in [0.3, 0.4) is 0 Å². The Bertz CT molecular complexity index is 3540. The summed E-state index contributed by atoms with van der Waals surface area (Å²) in [6.45, 7) is -2.83. The van der Waals surface area contributed by atoms with Gasteiger partial charge in [0.2, 0.25) is 0 Å². The van der Waals surface area contributed by atoms with Gasteiger partial charge in [-0.1, -0.05) is 59.0 Å². The molecule has 0 spiro atoms. The van der Waals surface area contributed by atoms with Gasteiger partial charge in [-0.25, -0.2) is 4.98 Å². The minimum absolute atomic E-state index is 0. The van der Waals surface area contributed by atoms with Gasteiger partial charge in [-0.2, -0.15) is 11.3 Å². The predicted octanol–water partition coefficient (Wildman–Crippen LogP) is 14.1. The van der Waals surface area contributed by atoms with Gasteiger partial charge >= 0.3 is 139 Å². The molecular weight excluding hydrogens is 1000 g/mol. The zero-order chi connectivity index (χ0) is 54.2. The minimum atomic E-state index is -2.79. The summed E-state index contributed by atoms with van der Waals surface area (Å²) in [6.07, 6.45) is -0.163. The monoisotopic (exact) mass is 1070 g/mol. The maximum Gasteiger partial charge on any atom is 0 e. The van der Waals surface area contributed by atoms with Gasteiger partial charge in [0.05, 0.1) is 16.9 Å². The maximum absolute atomic E-state index is 8.63. The fourth-order valence-electron chi connectivity index (χ4n) is 7.71. The van der Waals surface area contributed by atoms with Crippen LogP contribution < -0.4 is 4.40 Å². The summed E-state index contributed by atoms with van der Waals surface area (Å²) < 4.78 is 118. The molecule has 1 radical (unpaired) electrons. The molecule has 0 aliphatic heterocycles. The van der Waals surface area contributed by atoms with Crippen LogP contribution in [-0.2, 0) is 26.5 Å². The fraction of sp³-hybridized carbons (Fsp3) is 0.241. The van der Waals surface area contributed by atoms with E-state index in [0.29, 0.717) is 32.9 Å². The third-order valence-corrected chi connectivity index (χ3v) is 15.7. The first-order valence-electron chi connectivity index (χ1n) is 26.8. The van der Waals surface area contributed by atoms with E-state index in [1.807, 2.05) is 68.4 Å². The molecule has 0 unspecified atom stereocenters. The Morgan fingerprint density at radius 2 is 1.54 bits per heavy atom. The van der Waals surface area contributed by atoms with Crippen LogP contribution in [0.15, 0.2) is 109 Å². The molecule has 9 aromatic rings. The molecule has 9 rings (SSSR count). The van der Waals surface area contributed by atoms with E-state index in [1.54, 1.807) is 24.3 Å². The molecule has 0 fully saturated rings. The van der Waals surface area contributed by atoms with Crippen LogP contribution in [0.25, 0.3) is 70.8 Å². The summed E-state index contributed by atoms with van der Waals surface area (Å²) in [5.41, 5.74) is 6.50. The van der Waals surface area contributed by atoms with Crippen LogP contribution in [-0.4, -0.2) is 32.8 Å². The molecule has 0 aliphatic rings. The molecule has 0 aliphatic carbocycles. The number of fused-ring (bicyclic) bond motifs is 4. The Morgan fingerprint density at radius 1 is 0.787 bits per heavy atom. The molecule has 61 heavy (non-hydrogen) atoms. The number of thiophene rings is 1. The number of aromatic nitrogens is 4. The second-order valence-electron chi connectivity index (χ2n) is 16.3. The SMILES string of the molecule is [2H]C([2H])([2H])c1cc(C([2H])([2H])[2H])c(-c2cnc3sc4c(-c5nc6ccccc6n5-c5c(C)cccc5C)[c-]ccc4c3c2)c(C([2H])([2H])[2H])c1.[2H]C([2H])([2H])c1nc(-c2[c-]cccc2)c(C([2H])([2H])C(C)C)c[c]1[Ge]([CH3])([CH3])[CH3].[Ir]. The Hall–Kier alpha value is -4.72. The summed E-state index contributed by atoms with van der Waals surface area (Å²) in [7, 11) is 0. The van der Waals surface area contributed by atoms with E-state index in [4.69, 9.17) is 29.2 Å². The van der Waals surface area contributed by atoms with E-state index < -0.39 is 47.0 Å². The van der Waals surface area contributed by atoms with Crippen LogP contribution in [0.2, 0.25) is 17.3 Å². The Kier molecular flexibility index (Phi) is 8.69. The average molecular weight is 1070 g/mol.